The molecule has 0 aliphatic heterocycles. The molecule has 0 radical (unpaired) electrons. The van der Waals surface area contributed by atoms with Gasteiger partial charge < -0.3 is 24.7 Å². The topological polar surface area (TPSA) is 80.0 Å². The summed E-state index contributed by atoms with van der Waals surface area (Å²) in [7, 11) is 0. The highest BCUT2D eigenvalue weighted by Gasteiger charge is 1.94. The molecule has 1 amide bonds. The molecule has 0 spiro atoms. The van der Waals surface area contributed by atoms with Crippen molar-refractivity contribution < 1.29 is 23.7 Å². The van der Waals surface area contributed by atoms with Crippen LogP contribution in [0.2, 0.25) is 0 Å². The number of rotatable bonds is 12. The monoisotopic (exact) mass is 249 g/mol. The van der Waals surface area contributed by atoms with E-state index >= 15 is 0 Å². The van der Waals surface area contributed by atoms with Crippen LogP contribution in [-0.4, -0.2) is 52.3 Å². The average Bonchev–Trinajstić information content (AvgIpc) is 2.30. The fourth-order valence-corrected chi connectivity index (χ4v) is 0.989. The summed E-state index contributed by atoms with van der Waals surface area (Å²) in [6, 6.07) is 0. The Kier molecular flexibility index (Phi) is 12.6. The zero-order valence-corrected chi connectivity index (χ0v) is 10.5. The van der Waals surface area contributed by atoms with Crippen molar-refractivity contribution in [2.75, 3.05) is 46.2 Å². The van der Waals surface area contributed by atoms with Gasteiger partial charge in [-0.05, 0) is 6.42 Å². The van der Waals surface area contributed by atoms with E-state index in [9.17, 15) is 4.79 Å². The lowest BCUT2D eigenvalue weighted by Crippen LogP contribution is -2.17. The summed E-state index contributed by atoms with van der Waals surface area (Å²) in [5.41, 5.74) is 4.77. The first-order chi connectivity index (χ1) is 8.27. The zero-order valence-electron chi connectivity index (χ0n) is 10.5. The molecular formula is C11H23NO5. The van der Waals surface area contributed by atoms with Gasteiger partial charge in [0.15, 0.2) is 0 Å². The Hall–Kier alpha value is -0.850. The highest BCUT2D eigenvalue weighted by Crippen LogP contribution is 1.88. The van der Waals surface area contributed by atoms with Crippen LogP contribution < -0.4 is 5.73 Å². The quantitative estimate of drug-likeness (QED) is 0.520. The molecular weight excluding hydrogens is 226 g/mol. The van der Waals surface area contributed by atoms with Crippen LogP contribution in [0.4, 0.5) is 4.79 Å². The Balaban J connectivity index is 2.91. The first kappa shape index (κ1) is 16.1. The Bertz CT molecular complexity index is 177. The van der Waals surface area contributed by atoms with Crippen LogP contribution >= 0.6 is 0 Å². The number of ether oxygens (including phenoxy) is 4. The van der Waals surface area contributed by atoms with E-state index in [1.165, 1.54) is 0 Å². The fraction of sp³-hybridized carbons (Fsp3) is 0.909. The Morgan fingerprint density at radius 3 is 1.82 bits per heavy atom. The smallest absolute Gasteiger partial charge is 0.404 e. The molecule has 17 heavy (non-hydrogen) atoms. The van der Waals surface area contributed by atoms with Crippen LogP contribution in [0.1, 0.15) is 19.8 Å². The summed E-state index contributed by atoms with van der Waals surface area (Å²) in [4.78, 5) is 10.2. The molecule has 102 valence electrons. The molecule has 0 aromatic rings. The molecule has 0 rings (SSSR count). The predicted molar refractivity (Wildman–Crippen MR) is 62.9 cm³/mol. The number of carbonyl (C=O) groups is 1. The van der Waals surface area contributed by atoms with Crippen LogP contribution in [-0.2, 0) is 18.9 Å². The molecule has 0 saturated heterocycles. The minimum atomic E-state index is -0.783. The number of primary amides is 1. The molecule has 0 atom stereocenters. The summed E-state index contributed by atoms with van der Waals surface area (Å²) in [5.74, 6) is 0. The van der Waals surface area contributed by atoms with Crippen molar-refractivity contribution in [3.63, 3.8) is 0 Å². The lowest BCUT2D eigenvalue weighted by atomic mass is 10.4. The maximum Gasteiger partial charge on any atom is 0.404 e. The SMILES string of the molecule is CCCCOCCOCCOCCOC(N)=O. The first-order valence-electron chi connectivity index (χ1n) is 5.92. The number of amides is 1. The van der Waals surface area contributed by atoms with Gasteiger partial charge in [0.1, 0.15) is 6.61 Å². The third-order valence-electron chi connectivity index (χ3n) is 1.86. The van der Waals surface area contributed by atoms with Crippen molar-refractivity contribution >= 4 is 6.09 Å². The maximum atomic E-state index is 10.2. The summed E-state index contributed by atoms with van der Waals surface area (Å²) >= 11 is 0. The van der Waals surface area contributed by atoms with Gasteiger partial charge in [-0.15, -0.1) is 0 Å². The molecule has 6 heteroatoms. The molecule has 6 nitrogen and oxygen atoms in total. The number of unbranched alkanes of at least 4 members (excludes halogenated alkanes) is 1. The van der Waals surface area contributed by atoms with E-state index in [-0.39, 0.29) is 6.61 Å². The molecule has 0 aromatic heterocycles. The predicted octanol–water partition coefficient (Wildman–Crippen LogP) is 0.932. The van der Waals surface area contributed by atoms with E-state index < -0.39 is 6.09 Å². The van der Waals surface area contributed by atoms with Gasteiger partial charge in [-0.3, -0.25) is 0 Å². The van der Waals surface area contributed by atoms with Gasteiger partial charge in [0.05, 0.1) is 33.0 Å². The van der Waals surface area contributed by atoms with Crippen LogP contribution in [0.15, 0.2) is 0 Å². The van der Waals surface area contributed by atoms with Crippen molar-refractivity contribution in [1.29, 1.82) is 0 Å². The fourth-order valence-electron chi connectivity index (χ4n) is 0.989. The van der Waals surface area contributed by atoms with Crippen molar-refractivity contribution in [1.82, 2.24) is 0 Å². The second kappa shape index (κ2) is 13.2. The lowest BCUT2D eigenvalue weighted by molar-refractivity contribution is 0.00588. The third-order valence-corrected chi connectivity index (χ3v) is 1.86. The number of nitrogens with two attached hydrogens (primary N) is 1. The summed E-state index contributed by atoms with van der Waals surface area (Å²) in [6.45, 7) is 5.59. The standard InChI is InChI=1S/C11H23NO5/c1-2-3-4-14-5-6-15-7-8-16-9-10-17-11(12)13/h2-10H2,1H3,(H2,12,13). The Morgan fingerprint density at radius 2 is 1.35 bits per heavy atom. The van der Waals surface area contributed by atoms with Crippen LogP contribution in [0.5, 0.6) is 0 Å². The van der Waals surface area contributed by atoms with E-state index in [1.54, 1.807) is 0 Å². The Labute approximate surface area is 102 Å². The molecule has 0 heterocycles. The molecule has 0 aromatic carbocycles. The van der Waals surface area contributed by atoms with E-state index in [1.807, 2.05) is 0 Å². The van der Waals surface area contributed by atoms with Gasteiger partial charge in [0.2, 0.25) is 0 Å². The van der Waals surface area contributed by atoms with E-state index in [0.717, 1.165) is 19.4 Å². The van der Waals surface area contributed by atoms with Gasteiger partial charge in [-0.25, -0.2) is 4.79 Å². The minimum Gasteiger partial charge on any atom is -0.447 e. The van der Waals surface area contributed by atoms with Gasteiger partial charge in [0.25, 0.3) is 0 Å². The van der Waals surface area contributed by atoms with Gasteiger partial charge in [-0.2, -0.15) is 0 Å². The molecule has 0 aliphatic rings. The number of hydrogen-bond donors (Lipinski definition) is 1. The van der Waals surface area contributed by atoms with E-state index in [2.05, 4.69) is 11.7 Å². The van der Waals surface area contributed by atoms with Crippen LogP contribution in [0.25, 0.3) is 0 Å². The molecule has 0 fully saturated rings. The zero-order chi connectivity index (χ0) is 12.8. The maximum absolute atomic E-state index is 10.2. The van der Waals surface area contributed by atoms with Crippen LogP contribution in [0, 0.1) is 0 Å². The number of hydrogen-bond acceptors (Lipinski definition) is 5. The van der Waals surface area contributed by atoms with E-state index in [4.69, 9.17) is 19.9 Å². The highest BCUT2D eigenvalue weighted by atomic mass is 16.6. The molecule has 0 bridgehead atoms. The molecule has 0 unspecified atom stereocenters. The second-order valence-corrected chi connectivity index (χ2v) is 3.36. The van der Waals surface area contributed by atoms with Crippen molar-refractivity contribution in [2.24, 2.45) is 5.73 Å². The van der Waals surface area contributed by atoms with Crippen LogP contribution in [0.3, 0.4) is 0 Å². The largest absolute Gasteiger partial charge is 0.447 e. The number of carbonyl (C=O) groups excluding carboxylic acids is 1. The Morgan fingerprint density at radius 1 is 0.882 bits per heavy atom. The first-order valence-corrected chi connectivity index (χ1v) is 5.92. The lowest BCUT2D eigenvalue weighted by Gasteiger charge is -2.06. The summed E-state index contributed by atoms with van der Waals surface area (Å²) in [6.07, 6.45) is 1.44. The minimum absolute atomic E-state index is 0.176. The van der Waals surface area contributed by atoms with Crippen molar-refractivity contribution in [3.8, 4) is 0 Å². The van der Waals surface area contributed by atoms with Gasteiger partial charge in [-0.1, -0.05) is 13.3 Å². The molecule has 0 saturated carbocycles. The van der Waals surface area contributed by atoms with Crippen molar-refractivity contribution in [3.05, 3.63) is 0 Å². The van der Waals surface area contributed by atoms with E-state index in [0.29, 0.717) is 33.0 Å². The van der Waals surface area contributed by atoms with Gasteiger partial charge >= 0.3 is 6.09 Å². The van der Waals surface area contributed by atoms with Crippen molar-refractivity contribution in [2.45, 2.75) is 19.8 Å². The third kappa shape index (κ3) is 15.1. The highest BCUT2D eigenvalue weighted by molar-refractivity contribution is 5.64. The summed E-state index contributed by atoms with van der Waals surface area (Å²) < 4.78 is 20.2. The molecule has 2 N–H and O–H groups in total. The second-order valence-electron chi connectivity index (χ2n) is 3.36. The molecule has 0 aliphatic carbocycles. The normalized spacial score (nSPS) is 10.4. The van der Waals surface area contributed by atoms with Gasteiger partial charge in [0, 0.05) is 6.61 Å². The summed E-state index contributed by atoms with van der Waals surface area (Å²) in [5, 5.41) is 0. The average molecular weight is 249 g/mol.